The van der Waals surface area contributed by atoms with Gasteiger partial charge in [-0.1, -0.05) is 19.8 Å². The minimum absolute atomic E-state index is 0.209. The van der Waals surface area contributed by atoms with E-state index >= 15 is 0 Å². The van der Waals surface area contributed by atoms with E-state index < -0.39 is 0 Å². The highest BCUT2D eigenvalue weighted by Gasteiger charge is 2.22. The largest absolute Gasteiger partial charge is 0.396 e. The highest BCUT2D eigenvalue weighted by Crippen LogP contribution is 2.24. The molecule has 2 N–H and O–H groups in total. The molecule has 1 unspecified atom stereocenters. The average molecular weight is 199 g/mol. The lowest BCUT2D eigenvalue weighted by atomic mass is 10.1. The molecule has 0 radical (unpaired) electrons. The number of carbonyl (C=O) groups excluding carboxylic acids is 1. The lowest BCUT2D eigenvalue weighted by Crippen LogP contribution is -2.33. The van der Waals surface area contributed by atoms with E-state index in [1.165, 1.54) is 12.8 Å². The Morgan fingerprint density at radius 3 is 2.71 bits per heavy atom. The van der Waals surface area contributed by atoms with Crippen molar-refractivity contribution in [3.05, 3.63) is 0 Å². The second-order valence-corrected chi connectivity index (χ2v) is 4.34. The van der Waals surface area contributed by atoms with Crippen molar-refractivity contribution in [2.24, 2.45) is 11.8 Å². The Labute approximate surface area is 85.9 Å². The summed E-state index contributed by atoms with van der Waals surface area (Å²) in [4.78, 5) is 11.6. The molecule has 0 aromatic heterocycles. The molecule has 1 saturated carbocycles. The van der Waals surface area contributed by atoms with Crippen LogP contribution in [0.25, 0.3) is 0 Å². The summed E-state index contributed by atoms with van der Waals surface area (Å²) in [5.41, 5.74) is 0. The second kappa shape index (κ2) is 6.02. The summed E-state index contributed by atoms with van der Waals surface area (Å²) in [5, 5.41) is 11.7. The Kier molecular flexibility index (Phi) is 4.94. The van der Waals surface area contributed by atoms with E-state index in [0.29, 0.717) is 12.5 Å². The van der Waals surface area contributed by atoms with Crippen LogP contribution in [0.5, 0.6) is 0 Å². The van der Waals surface area contributed by atoms with Crippen LogP contribution in [0.4, 0.5) is 0 Å². The number of rotatable bonds is 5. The fourth-order valence-corrected chi connectivity index (χ4v) is 1.93. The minimum atomic E-state index is 0.209. The Morgan fingerprint density at radius 2 is 2.14 bits per heavy atom. The molecule has 1 atom stereocenters. The van der Waals surface area contributed by atoms with Crippen LogP contribution < -0.4 is 5.32 Å². The molecule has 1 aliphatic rings. The topological polar surface area (TPSA) is 49.3 Å². The summed E-state index contributed by atoms with van der Waals surface area (Å²) >= 11 is 0. The van der Waals surface area contributed by atoms with Gasteiger partial charge in [0.25, 0.3) is 0 Å². The van der Waals surface area contributed by atoms with Crippen LogP contribution >= 0.6 is 0 Å². The Balaban J connectivity index is 2.13. The standard InChI is InChI=1S/C11H21NO2/c1-9(6-7-13)8-12-11(14)10-4-2-3-5-10/h9-10,13H,2-8H2,1H3,(H,12,14). The molecule has 3 nitrogen and oxygen atoms in total. The third-order valence-electron chi connectivity index (χ3n) is 2.97. The van der Waals surface area contributed by atoms with Gasteiger partial charge in [0.1, 0.15) is 0 Å². The molecule has 0 aromatic carbocycles. The van der Waals surface area contributed by atoms with Crippen molar-refractivity contribution in [3.63, 3.8) is 0 Å². The predicted molar refractivity (Wildman–Crippen MR) is 55.8 cm³/mol. The van der Waals surface area contributed by atoms with Gasteiger partial charge in [-0.2, -0.15) is 0 Å². The third kappa shape index (κ3) is 3.66. The van der Waals surface area contributed by atoms with Gasteiger partial charge in [0.2, 0.25) is 5.91 Å². The first-order valence-corrected chi connectivity index (χ1v) is 5.62. The number of hydrogen-bond acceptors (Lipinski definition) is 2. The molecule has 1 aliphatic carbocycles. The van der Waals surface area contributed by atoms with E-state index in [-0.39, 0.29) is 18.4 Å². The zero-order chi connectivity index (χ0) is 10.4. The molecule has 14 heavy (non-hydrogen) atoms. The number of aliphatic hydroxyl groups is 1. The summed E-state index contributed by atoms with van der Waals surface area (Å²) in [7, 11) is 0. The van der Waals surface area contributed by atoms with E-state index in [1.54, 1.807) is 0 Å². The Hall–Kier alpha value is -0.570. The van der Waals surface area contributed by atoms with Gasteiger partial charge in [-0.3, -0.25) is 4.79 Å². The summed E-state index contributed by atoms with van der Waals surface area (Å²) in [5.74, 6) is 0.856. The van der Waals surface area contributed by atoms with Gasteiger partial charge in [-0.25, -0.2) is 0 Å². The maximum Gasteiger partial charge on any atom is 0.223 e. The van der Waals surface area contributed by atoms with E-state index in [1.807, 2.05) is 6.92 Å². The molecular formula is C11H21NO2. The molecule has 0 aromatic rings. The number of amides is 1. The minimum Gasteiger partial charge on any atom is -0.396 e. The molecule has 1 amide bonds. The summed E-state index contributed by atoms with van der Waals surface area (Å²) in [6.07, 6.45) is 5.28. The summed E-state index contributed by atoms with van der Waals surface area (Å²) in [6, 6.07) is 0. The molecule has 1 rings (SSSR count). The van der Waals surface area contributed by atoms with Crippen LogP contribution in [-0.2, 0) is 4.79 Å². The van der Waals surface area contributed by atoms with Gasteiger partial charge in [-0.15, -0.1) is 0 Å². The van der Waals surface area contributed by atoms with E-state index in [9.17, 15) is 4.79 Å². The van der Waals surface area contributed by atoms with Gasteiger partial charge >= 0.3 is 0 Å². The quantitative estimate of drug-likeness (QED) is 0.701. The summed E-state index contributed by atoms with van der Waals surface area (Å²) in [6.45, 7) is 2.96. The highest BCUT2D eigenvalue weighted by molar-refractivity contribution is 5.78. The Morgan fingerprint density at radius 1 is 1.50 bits per heavy atom. The number of hydrogen-bond donors (Lipinski definition) is 2. The first-order valence-electron chi connectivity index (χ1n) is 5.62. The lowest BCUT2D eigenvalue weighted by molar-refractivity contribution is -0.125. The van der Waals surface area contributed by atoms with Crippen LogP contribution in [0.3, 0.4) is 0 Å². The van der Waals surface area contributed by atoms with Crippen molar-refractivity contribution >= 4 is 5.91 Å². The van der Waals surface area contributed by atoms with Crippen molar-refractivity contribution in [2.75, 3.05) is 13.2 Å². The monoisotopic (exact) mass is 199 g/mol. The third-order valence-corrected chi connectivity index (χ3v) is 2.97. The van der Waals surface area contributed by atoms with Crippen LogP contribution in [0, 0.1) is 11.8 Å². The maximum absolute atomic E-state index is 11.6. The van der Waals surface area contributed by atoms with Gasteiger partial charge < -0.3 is 10.4 Å². The summed E-state index contributed by atoms with van der Waals surface area (Å²) < 4.78 is 0. The zero-order valence-electron chi connectivity index (χ0n) is 8.96. The molecule has 0 bridgehead atoms. The van der Waals surface area contributed by atoms with Crippen LogP contribution in [0.15, 0.2) is 0 Å². The van der Waals surface area contributed by atoms with Crippen LogP contribution in [-0.4, -0.2) is 24.2 Å². The molecule has 82 valence electrons. The molecule has 0 heterocycles. The number of carbonyl (C=O) groups is 1. The number of nitrogens with one attached hydrogen (secondary N) is 1. The second-order valence-electron chi connectivity index (χ2n) is 4.34. The van der Waals surface area contributed by atoms with Crippen molar-refractivity contribution in [2.45, 2.75) is 39.0 Å². The lowest BCUT2D eigenvalue weighted by Gasteiger charge is -2.14. The van der Waals surface area contributed by atoms with Crippen LogP contribution in [0.2, 0.25) is 0 Å². The van der Waals surface area contributed by atoms with Gasteiger partial charge in [0.15, 0.2) is 0 Å². The van der Waals surface area contributed by atoms with Crippen LogP contribution in [0.1, 0.15) is 39.0 Å². The molecular weight excluding hydrogens is 178 g/mol. The zero-order valence-corrected chi connectivity index (χ0v) is 8.96. The normalized spacial score (nSPS) is 19.6. The average Bonchev–Trinajstić information content (AvgIpc) is 2.67. The predicted octanol–water partition coefficient (Wildman–Crippen LogP) is 1.31. The smallest absolute Gasteiger partial charge is 0.223 e. The first-order chi connectivity index (χ1) is 6.74. The van der Waals surface area contributed by atoms with Gasteiger partial charge in [0.05, 0.1) is 0 Å². The van der Waals surface area contributed by atoms with Gasteiger partial charge in [0, 0.05) is 19.1 Å². The van der Waals surface area contributed by atoms with E-state index in [4.69, 9.17) is 5.11 Å². The molecule has 0 aliphatic heterocycles. The number of aliphatic hydroxyl groups excluding tert-OH is 1. The van der Waals surface area contributed by atoms with Crippen molar-refractivity contribution < 1.29 is 9.90 Å². The fourth-order valence-electron chi connectivity index (χ4n) is 1.93. The molecule has 0 saturated heterocycles. The van der Waals surface area contributed by atoms with Crippen molar-refractivity contribution in [1.29, 1.82) is 0 Å². The van der Waals surface area contributed by atoms with E-state index in [2.05, 4.69) is 5.32 Å². The van der Waals surface area contributed by atoms with Crippen molar-refractivity contribution in [3.8, 4) is 0 Å². The fraction of sp³-hybridized carbons (Fsp3) is 0.909. The molecule has 1 fully saturated rings. The SMILES string of the molecule is CC(CCO)CNC(=O)C1CCCC1. The van der Waals surface area contributed by atoms with E-state index in [0.717, 1.165) is 19.3 Å². The molecule has 3 heteroatoms. The van der Waals surface area contributed by atoms with Gasteiger partial charge in [-0.05, 0) is 25.2 Å². The maximum atomic E-state index is 11.6. The molecule has 0 spiro atoms. The van der Waals surface area contributed by atoms with Crippen molar-refractivity contribution in [1.82, 2.24) is 5.32 Å². The Bertz CT molecular complexity index is 176. The first kappa shape index (κ1) is 11.5. The highest BCUT2D eigenvalue weighted by atomic mass is 16.3.